The van der Waals surface area contributed by atoms with E-state index >= 15 is 17.6 Å². The number of alkyl carbamates (subject to hydrolysis) is 2. The lowest BCUT2D eigenvalue weighted by Crippen LogP contribution is -2.52. The highest BCUT2D eigenvalue weighted by Gasteiger charge is 2.37. The Hall–Kier alpha value is -5.79. The molecule has 1 fully saturated rings. The van der Waals surface area contributed by atoms with Gasteiger partial charge in [-0.2, -0.15) is 0 Å². The first kappa shape index (κ1) is 40.4. The lowest BCUT2D eigenvalue weighted by molar-refractivity contribution is 0.0133. The molecule has 1 atom stereocenters. The molecule has 1 aliphatic heterocycles. The predicted octanol–water partition coefficient (Wildman–Crippen LogP) is 7.98. The van der Waals surface area contributed by atoms with Gasteiger partial charge in [-0.15, -0.1) is 0 Å². The Labute approximate surface area is 317 Å². The lowest BCUT2D eigenvalue weighted by atomic mass is 9.98. The van der Waals surface area contributed by atoms with Gasteiger partial charge in [-0.25, -0.2) is 31.9 Å². The van der Waals surface area contributed by atoms with Crippen LogP contribution in [-0.2, 0) is 40.3 Å². The fraction of sp³-hybridized carbons (Fsp3) is 0.341. The van der Waals surface area contributed by atoms with Crippen LogP contribution in [0.1, 0.15) is 54.6 Å². The summed E-state index contributed by atoms with van der Waals surface area (Å²) in [5.74, 6) is -3.12. The second kappa shape index (κ2) is 18.5. The third-order valence-electron chi connectivity index (χ3n) is 8.74. The number of carbonyl (C=O) groups is 3. The van der Waals surface area contributed by atoms with Crippen molar-refractivity contribution in [2.24, 2.45) is 0 Å². The number of anilines is 1. The zero-order valence-corrected chi connectivity index (χ0v) is 30.9. The fourth-order valence-electron chi connectivity index (χ4n) is 6.02. The molecule has 0 spiro atoms. The van der Waals surface area contributed by atoms with Crippen molar-refractivity contribution in [2.75, 3.05) is 37.6 Å². The van der Waals surface area contributed by atoms with Gasteiger partial charge in [0.1, 0.15) is 42.1 Å². The number of hydrogen-bond donors (Lipinski definition) is 2. The normalized spacial score (nSPS) is 14.3. The summed E-state index contributed by atoms with van der Waals surface area (Å²) < 4.78 is 78.3. The largest absolute Gasteiger partial charge is 0.445 e. The molecule has 5 rings (SSSR count). The molecule has 14 heteroatoms. The molecule has 1 heterocycles. The highest BCUT2D eigenvalue weighted by molar-refractivity contribution is 5.70. The minimum Gasteiger partial charge on any atom is -0.445 e. The number of rotatable bonds is 12. The first-order valence-corrected chi connectivity index (χ1v) is 17.9. The molecule has 1 unspecified atom stereocenters. The van der Waals surface area contributed by atoms with Crippen molar-refractivity contribution in [3.63, 3.8) is 0 Å². The second-order valence-corrected chi connectivity index (χ2v) is 14.0. The van der Waals surface area contributed by atoms with E-state index in [2.05, 4.69) is 10.6 Å². The van der Waals surface area contributed by atoms with Gasteiger partial charge in [0.05, 0.1) is 11.7 Å². The summed E-state index contributed by atoms with van der Waals surface area (Å²) in [5, 5.41) is 5.04. The highest BCUT2D eigenvalue weighted by atomic mass is 19.1. The van der Waals surface area contributed by atoms with Gasteiger partial charge in [0.2, 0.25) is 0 Å². The summed E-state index contributed by atoms with van der Waals surface area (Å²) in [7, 11) is 0. The molecular weight excluding hydrogens is 720 g/mol. The minimum absolute atomic E-state index is 0.0104. The van der Waals surface area contributed by atoms with Gasteiger partial charge in [-0.3, -0.25) is 4.90 Å². The molecule has 1 aliphatic rings. The number of piperazine rings is 1. The molecule has 3 amide bonds. The molecule has 1 saturated heterocycles. The molecule has 0 radical (unpaired) electrons. The van der Waals surface area contributed by atoms with Crippen molar-refractivity contribution in [1.82, 2.24) is 15.5 Å². The third-order valence-corrected chi connectivity index (χ3v) is 8.74. The van der Waals surface area contributed by atoms with Crippen LogP contribution in [0.3, 0.4) is 0 Å². The van der Waals surface area contributed by atoms with E-state index in [1.165, 1.54) is 9.80 Å². The van der Waals surface area contributed by atoms with Gasteiger partial charge in [0, 0.05) is 44.4 Å². The van der Waals surface area contributed by atoms with Crippen LogP contribution >= 0.6 is 0 Å². The number of benzene rings is 4. The van der Waals surface area contributed by atoms with Crippen molar-refractivity contribution in [2.45, 2.75) is 58.5 Å². The first-order valence-electron chi connectivity index (χ1n) is 17.9. The van der Waals surface area contributed by atoms with Crippen molar-refractivity contribution in [1.29, 1.82) is 0 Å². The third kappa shape index (κ3) is 11.6. The number of carbonyl (C=O) groups excluding carboxylic acids is 3. The maximum absolute atomic E-state index is 15.9. The Kier molecular flexibility index (Phi) is 13.6. The summed E-state index contributed by atoms with van der Waals surface area (Å²) in [6, 6.07) is 21.0. The Morgan fingerprint density at radius 2 is 1.20 bits per heavy atom. The number of ether oxygens (including phenoxy) is 3. The van der Waals surface area contributed by atoms with Crippen LogP contribution in [-0.4, -0.2) is 61.5 Å². The van der Waals surface area contributed by atoms with Crippen LogP contribution in [0.15, 0.2) is 84.9 Å². The summed E-state index contributed by atoms with van der Waals surface area (Å²) >= 11 is 0. The molecule has 0 saturated carbocycles. The second-order valence-electron chi connectivity index (χ2n) is 14.0. The van der Waals surface area contributed by atoms with E-state index in [1.54, 1.807) is 45.0 Å². The Balaban J connectivity index is 1.25. The van der Waals surface area contributed by atoms with Gasteiger partial charge in [-0.05, 0) is 74.1 Å². The zero-order valence-electron chi connectivity index (χ0n) is 30.9. The van der Waals surface area contributed by atoms with Gasteiger partial charge < -0.3 is 29.7 Å². The molecule has 0 bridgehead atoms. The van der Waals surface area contributed by atoms with Crippen LogP contribution < -0.4 is 15.5 Å². The molecule has 292 valence electrons. The number of hydrogen-bond acceptors (Lipinski definition) is 7. The average Bonchev–Trinajstić information content (AvgIpc) is 3.15. The Bertz CT molecular complexity index is 1950. The first-order chi connectivity index (χ1) is 26.3. The van der Waals surface area contributed by atoms with E-state index in [0.717, 1.165) is 35.4 Å². The molecular formula is C41H44F4N4O6. The zero-order chi connectivity index (χ0) is 39.5. The standard InChI is InChI=1S/C41H44F4N4O6/c1-41(2,3)55-40(52)49-19-18-48(36-23-33(43)30(21-35(36)45)15-17-47-39(51)54-26-28-12-8-5-9-13-28)24-37(49)31-22-32(42)29(20-34(31)44)14-16-46-38(50)53-25-27-10-6-4-7-11-27/h4-13,20-23,37H,14-19,24-26H2,1-3H3,(H,46,50)(H,47,51). The molecule has 55 heavy (non-hydrogen) atoms. The van der Waals surface area contributed by atoms with Crippen molar-refractivity contribution < 1.29 is 46.2 Å². The van der Waals surface area contributed by atoms with Crippen LogP contribution in [0.25, 0.3) is 0 Å². The summed E-state index contributed by atoms with van der Waals surface area (Å²) in [6.07, 6.45) is -2.29. The summed E-state index contributed by atoms with van der Waals surface area (Å²) in [4.78, 5) is 40.3. The van der Waals surface area contributed by atoms with Crippen LogP contribution in [0, 0.1) is 23.3 Å². The van der Waals surface area contributed by atoms with Crippen molar-refractivity contribution >= 4 is 24.0 Å². The fourth-order valence-corrected chi connectivity index (χ4v) is 6.02. The monoisotopic (exact) mass is 764 g/mol. The quantitative estimate of drug-likeness (QED) is 0.111. The van der Waals surface area contributed by atoms with Gasteiger partial charge in [0.15, 0.2) is 0 Å². The lowest BCUT2D eigenvalue weighted by Gasteiger charge is -2.43. The van der Waals surface area contributed by atoms with Crippen molar-refractivity contribution in [3.05, 3.63) is 136 Å². The molecule has 2 N–H and O–H groups in total. The molecule has 0 aromatic heterocycles. The topological polar surface area (TPSA) is 109 Å². The molecule has 4 aromatic rings. The molecule has 0 aliphatic carbocycles. The molecule has 10 nitrogen and oxygen atoms in total. The van der Waals surface area contributed by atoms with E-state index in [4.69, 9.17) is 14.2 Å². The minimum atomic E-state index is -1.15. The number of halogens is 4. The van der Waals surface area contributed by atoms with E-state index in [0.29, 0.717) is 0 Å². The molecule has 4 aromatic carbocycles. The SMILES string of the molecule is CC(C)(C)OC(=O)N1CCN(c2cc(F)c(CCNC(=O)OCc3ccccc3)cc2F)CC1c1cc(F)c(CCNC(=O)OCc2ccccc2)cc1F. The van der Waals surface area contributed by atoms with Gasteiger partial charge in [-0.1, -0.05) is 60.7 Å². The number of nitrogens with one attached hydrogen (secondary N) is 2. The number of nitrogens with zero attached hydrogens (tertiary/aromatic N) is 2. The van der Waals surface area contributed by atoms with Gasteiger partial charge in [0.25, 0.3) is 0 Å². The van der Waals surface area contributed by atoms with E-state index in [9.17, 15) is 14.4 Å². The van der Waals surface area contributed by atoms with E-state index in [-0.39, 0.29) is 81.2 Å². The summed E-state index contributed by atoms with van der Waals surface area (Å²) in [5.41, 5.74) is 0.350. The highest BCUT2D eigenvalue weighted by Crippen LogP contribution is 2.34. The Morgan fingerprint density at radius 3 is 1.73 bits per heavy atom. The smallest absolute Gasteiger partial charge is 0.410 e. The van der Waals surface area contributed by atoms with Crippen LogP contribution in [0.5, 0.6) is 0 Å². The van der Waals surface area contributed by atoms with Crippen molar-refractivity contribution in [3.8, 4) is 0 Å². The predicted molar refractivity (Wildman–Crippen MR) is 197 cm³/mol. The maximum Gasteiger partial charge on any atom is 0.410 e. The average molecular weight is 765 g/mol. The van der Waals surface area contributed by atoms with Gasteiger partial charge >= 0.3 is 18.3 Å². The number of amides is 3. The summed E-state index contributed by atoms with van der Waals surface area (Å²) in [6.45, 7) is 4.79. The van der Waals surface area contributed by atoms with E-state index in [1.807, 2.05) is 36.4 Å². The Morgan fingerprint density at radius 1 is 0.691 bits per heavy atom. The maximum atomic E-state index is 15.9. The van der Waals surface area contributed by atoms with E-state index < -0.39 is 53.2 Å². The van der Waals surface area contributed by atoms with Crippen LogP contribution in [0.2, 0.25) is 0 Å². The van der Waals surface area contributed by atoms with Crippen LogP contribution in [0.4, 0.5) is 37.6 Å².